The fourth-order valence-corrected chi connectivity index (χ4v) is 2.56. The predicted octanol–water partition coefficient (Wildman–Crippen LogP) is 2.51. The van der Waals surface area contributed by atoms with E-state index in [1.54, 1.807) is 12.1 Å². The number of carbonyl (C=O) groups is 1. The number of aryl methyl sites for hydroxylation is 1. The number of nitrogens with one attached hydrogen (secondary N) is 2. The second kappa shape index (κ2) is 5.24. The Hall–Kier alpha value is -1.13. The summed E-state index contributed by atoms with van der Waals surface area (Å²) < 4.78 is 0. The van der Waals surface area contributed by atoms with Crippen LogP contribution in [-0.4, -0.2) is 23.0 Å². The zero-order chi connectivity index (χ0) is 13.2. The molecule has 2 rings (SSSR count). The van der Waals surface area contributed by atoms with Gasteiger partial charge in [0.15, 0.2) is 0 Å². The van der Waals surface area contributed by atoms with E-state index in [9.17, 15) is 4.79 Å². The molecule has 5 heteroatoms. The van der Waals surface area contributed by atoms with Crippen molar-refractivity contribution in [3.8, 4) is 0 Å². The minimum absolute atomic E-state index is 0.0229. The summed E-state index contributed by atoms with van der Waals surface area (Å²) in [6.07, 6.45) is 2.72. The lowest BCUT2D eigenvalue weighted by atomic mass is 9.93. The van der Waals surface area contributed by atoms with Crippen molar-refractivity contribution < 1.29 is 4.79 Å². The van der Waals surface area contributed by atoms with E-state index in [0.717, 1.165) is 37.2 Å². The van der Waals surface area contributed by atoms with Gasteiger partial charge in [-0.25, -0.2) is 4.98 Å². The third-order valence-electron chi connectivity index (χ3n) is 3.58. The first-order valence-corrected chi connectivity index (χ1v) is 6.65. The monoisotopic (exact) mass is 267 g/mol. The number of hydrogen-bond donors (Lipinski definition) is 2. The molecule has 1 saturated heterocycles. The number of pyridine rings is 1. The zero-order valence-corrected chi connectivity index (χ0v) is 11.5. The lowest BCUT2D eigenvalue weighted by Gasteiger charge is -2.26. The number of aromatic nitrogens is 1. The maximum atomic E-state index is 12.4. The summed E-state index contributed by atoms with van der Waals surface area (Å²) in [4.78, 5) is 16.5. The van der Waals surface area contributed by atoms with Crippen LogP contribution in [0.2, 0.25) is 5.15 Å². The Balaban J connectivity index is 2.15. The summed E-state index contributed by atoms with van der Waals surface area (Å²) in [6.45, 7) is 4.77. The normalized spacial score (nSPS) is 23.1. The Morgan fingerprint density at radius 1 is 1.61 bits per heavy atom. The van der Waals surface area contributed by atoms with Gasteiger partial charge < -0.3 is 10.6 Å². The SMILES string of the molecule is CCC1(C(=O)Nc2ccc(Cl)nc2C)CCCN1. The molecule has 1 aromatic rings. The highest BCUT2D eigenvalue weighted by molar-refractivity contribution is 6.29. The first-order chi connectivity index (χ1) is 8.57. The Kier molecular flexibility index (Phi) is 3.88. The predicted molar refractivity (Wildman–Crippen MR) is 72.9 cm³/mol. The van der Waals surface area contributed by atoms with Crippen molar-refractivity contribution in [1.29, 1.82) is 0 Å². The van der Waals surface area contributed by atoms with Gasteiger partial charge in [-0.1, -0.05) is 18.5 Å². The van der Waals surface area contributed by atoms with E-state index in [2.05, 4.69) is 15.6 Å². The number of halogens is 1. The molecule has 1 fully saturated rings. The van der Waals surface area contributed by atoms with E-state index in [0.29, 0.717) is 5.15 Å². The zero-order valence-electron chi connectivity index (χ0n) is 10.7. The maximum absolute atomic E-state index is 12.4. The number of carbonyl (C=O) groups excluding carboxylic acids is 1. The molecule has 1 atom stereocenters. The van der Waals surface area contributed by atoms with Gasteiger partial charge in [-0.3, -0.25) is 4.79 Å². The quantitative estimate of drug-likeness (QED) is 0.828. The molecule has 0 saturated carbocycles. The van der Waals surface area contributed by atoms with Gasteiger partial charge in [0.25, 0.3) is 0 Å². The van der Waals surface area contributed by atoms with E-state index in [-0.39, 0.29) is 5.91 Å². The minimum atomic E-state index is -0.425. The van der Waals surface area contributed by atoms with Gasteiger partial charge in [-0.2, -0.15) is 0 Å². The molecule has 2 heterocycles. The second-order valence-corrected chi connectivity index (χ2v) is 5.07. The molecule has 2 N–H and O–H groups in total. The molecule has 4 nitrogen and oxygen atoms in total. The Morgan fingerprint density at radius 3 is 2.94 bits per heavy atom. The van der Waals surface area contributed by atoms with Crippen molar-refractivity contribution in [1.82, 2.24) is 10.3 Å². The Bertz CT molecular complexity index is 456. The number of nitrogens with zero attached hydrogens (tertiary/aromatic N) is 1. The third-order valence-corrected chi connectivity index (χ3v) is 3.79. The van der Waals surface area contributed by atoms with Gasteiger partial charge in [0, 0.05) is 0 Å². The van der Waals surface area contributed by atoms with E-state index in [1.165, 1.54) is 0 Å². The highest BCUT2D eigenvalue weighted by Crippen LogP contribution is 2.25. The average Bonchev–Trinajstić information content (AvgIpc) is 2.82. The van der Waals surface area contributed by atoms with E-state index in [1.807, 2.05) is 13.8 Å². The van der Waals surface area contributed by atoms with Crippen LogP contribution in [0.4, 0.5) is 5.69 Å². The summed E-state index contributed by atoms with van der Waals surface area (Å²) >= 11 is 5.80. The van der Waals surface area contributed by atoms with Gasteiger partial charge >= 0.3 is 0 Å². The van der Waals surface area contributed by atoms with Gasteiger partial charge in [0.1, 0.15) is 5.15 Å². The second-order valence-electron chi connectivity index (χ2n) is 4.69. The molecular weight excluding hydrogens is 250 g/mol. The van der Waals surface area contributed by atoms with Crippen LogP contribution in [-0.2, 0) is 4.79 Å². The van der Waals surface area contributed by atoms with E-state index >= 15 is 0 Å². The summed E-state index contributed by atoms with van der Waals surface area (Å²) in [5.74, 6) is 0.0229. The van der Waals surface area contributed by atoms with Gasteiger partial charge in [0.2, 0.25) is 5.91 Å². The molecule has 1 amide bonds. The molecular formula is C13H18ClN3O. The standard InChI is InChI=1S/C13H18ClN3O/c1-3-13(7-4-8-15-13)12(18)17-10-5-6-11(14)16-9(10)2/h5-6,15H,3-4,7-8H2,1-2H3,(H,17,18). The van der Waals surface area contributed by atoms with Gasteiger partial charge in [-0.05, 0) is 44.9 Å². The first kappa shape index (κ1) is 13.3. The van der Waals surface area contributed by atoms with Gasteiger partial charge in [-0.15, -0.1) is 0 Å². The molecule has 0 radical (unpaired) electrons. The molecule has 1 aromatic heterocycles. The highest BCUT2D eigenvalue weighted by atomic mass is 35.5. The van der Waals surface area contributed by atoms with Crippen molar-refractivity contribution in [3.63, 3.8) is 0 Å². The molecule has 1 aliphatic rings. The van der Waals surface area contributed by atoms with Crippen LogP contribution in [0.25, 0.3) is 0 Å². The molecule has 0 spiro atoms. The summed E-state index contributed by atoms with van der Waals surface area (Å²) in [5, 5.41) is 6.70. The van der Waals surface area contributed by atoms with Crippen LogP contribution in [0.15, 0.2) is 12.1 Å². The lowest BCUT2D eigenvalue weighted by molar-refractivity contribution is -0.122. The van der Waals surface area contributed by atoms with Crippen molar-refractivity contribution in [2.75, 3.05) is 11.9 Å². The Morgan fingerprint density at radius 2 is 2.39 bits per heavy atom. The number of rotatable bonds is 3. The van der Waals surface area contributed by atoms with E-state index in [4.69, 9.17) is 11.6 Å². The molecule has 98 valence electrons. The van der Waals surface area contributed by atoms with Crippen LogP contribution < -0.4 is 10.6 Å². The van der Waals surface area contributed by atoms with Crippen molar-refractivity contribution in [2.45, 2.75) is 38.6 Å². The van der Waals surface area contributed by atoms with Crippen LogP contribution in [0.1, 0.15) is 31.9 Å². The van der Waals surface area contributed by atoms with Crippen LogP contribution in [0, 0.1) is 6.92 Å². The van der Waals surface area contributed by atoms with Crippen molar-refractivity contribution >= 4 is 23.2 Å². The average molecular weight is 268 g/mol. The Labute approximate surface area is 112 Å². The molecule has 1 aliphatic heterocycles. The molecule has 1 unspecified atom stereocenters. The van der Waals surface area contributed by atoms with Crippen LogP contribution in [0.3, 0.4) is 0 Å². The smallest absolute Gasteiger partial charge is 0.244 e. The van der Waals surface area contributed by atoms with E-state index < -0.39 is 5.54 Å². The minimum Gasteiger partial charge on any atom is -0.323 e. The molecule has 0 bridgehead atoms. The van der Waals surface area contributed by atoms with Crippen molar-refractivity contribution in [3.05, 3.63) is 23.0 Å². The highest BCUT2D eigenvalue weighted by Gasteiger charge is 2.39. The summed E-state index contributed by atoms with van der Waals surface area (Å²) in [5.41, 5.74) is 1.04. The lowest BCUT2D eigenvalue weighted by Crippen LogP contribution is -2.50. The fraction of sp³-hybridized carbons (Fsp3) is 0.538. The maximum Gasteiger partial charge on any atom is 0.244 e. The fourth-order valence-electron chi connectivity index (χ4n) is 2.37. The number of anilines is 1. The first-order valence-electron chi connectivity index (χ1n) is 6.27. The number of hydrogen-bond acceptors (Lipinski definition) is 3. The molecule has 18 heavy (non-hydrogen) atoms. The molecule has 0 aliphatic carbocycles. The molecule has 0 aromatic carbocycles. The van der Waals surface area contributed by atoms with Gasteiger partial charge in [0.05, 0.1) is 16.9 Å². The third kappa shape index (κ3) is 2.49. The van der Waals surface area contributed by atoms with Crippen molar-refractivity contribution in [2.24, 2.45) is 0 Å². The summed E-state index contributed by atoms with van der Waals surface area (Å²) in [7, 11) is 0. The van der Waals surface area contributed by atoms with Crippen LogP contribution >= 0.6 is 11.6 Å². The largest absolute Gasteiger partial charge is 0.323 e. The van der Waals surface area contributed by atoms with Crippen LogP contribution in [0.5, 0.6) is 0 Å². The number of amides is 1. The summed E-state index contributed by atoms with van der Waals surface area (Å²) in [6, 6.07) is 3.48. The topological polar surface area (TPSA) is 54.0 Å².